The first-order valence-electron chi connectivity index (χ1n) is 4.76. The first-order chi connectivity index (χ1) is 6.27. The first kappa shape index (κ1) is 12.2. The summed E-state index contributed by atoms with van der Waals surface area (Å²) in [7, 11) is 0. The Morgan fingerprint density at radius 1 is 1.08 bits per heavy atom. The molecule has 0 aliphatic rings. The topological polar surface area (TPSA) is 100.0 Å². The minimum absolute atomic E-state index is 0.0446. The molecule has 0 aromatic carbocycles. The number of nitrogens with one attached hydrogen (secondary N) is 3. The summed E-state index contributed by atoms with van der Waals surface area (Å²) in [4.78, 5) is 0. The Hall–Kier alpha value is -0.810. The monoisotopic (exact) mass is 187 g/mol. The highest BCUT2D eigenvalue weighted by molar-refractivity contribution is 5.74. The van der Waals surface area contributed by atoms with Crippen LogP contribution >= 0.6 is 0 Å². The molecule has 0 rings (SSSR count). The lowest BCUT2D eigenvalue weighted by Gasteiger charge is -2.05. The summed E-state index contributed by atoms with van der Waals surface area (Å²) in [6.45, 7) is 3.52. The average molecular weight is 187 g/mol. The lowest BCUT2D eigenvalue weighted by atomic mass is 10.3. The van der Waals surface area contributed by atoms with Gasteiger partial charge in [0, 0.05) is 6.54 Å². The highest BCUT2D eigenvalue weighted by atomic mass is 15.0. The maximum absolute atomic E-state index is 6.90. The van der Waals surface area contributed by atoms with Crippen molar-refractivity contribution in [3.05, 3.63) is 0 Å². The van der Waals surface area contributed by atoms with Crippen LogP contribution < -0.4 is 22.1 Å². The smallest absolute Gasteiger partial charge is 0.185 e. The fraction of sp³-hybridized carbons (Fsp3) is 0.875. The molecule has 0 atom stereocenters. The molecule has 78 valence electrons. The number of guanidine groups is 1. The van der Waals surface area contributed by atoms with Gasteiger partial charge in [0.05, 0.1) is 0 Å². The highest BCUT2D eigenvalue weighted by Gasteiger charge is 1.89. The van der Waals surface area contributed by atoms with Gasteiger partial charge >= 0.3 is 0 Å². The molecule has 0 fully saturated rings. The lowest BCUT2D eigenvalue weighted by molar-refractivity contribution is 0.602. The fourth-order valence-corrected chi connectivity index (χ4v) is 0.956. The third-order valence-corrected chi connectivity index (χ3v) is 1.65. The van der Waals surface area contributed by atoms with Crippen molar-refractivity contribution >= 4 is 5.96 Å². The van der Waals surface area contributed by atoms with Gasteiger partial charge in [-0.25, -0.2) is 0 Å². The van der Waals surface area contributed by atoms with Crippen molar-refractivity contribution in [3.8, 4) is 0 Å². The van der Waals surface area contributed by atoms with Crippen LogP contribution in [0.3, 0.4) is 0 Å². The van der Waals surface area contributed by atoms with Gasteiger partial charge in [0.1, 0.15) is 0 Å². The molecule has 0 saturated heterocycles. The number of hydrogen-bond donors (Lipinski definition) is 5. The standard InChI is InChI=1S/C8H21N5/c9-4-1-2-5-12-6-3-7-13-8(10)11/h12H,1-7,9H2,(H4,10,11,13). The van der Waals surface area contributed by atoms with Gasteiger partial charge in [-0.3, -0.25) is 5.41 Å². The van der Waals surface area contributed by atoms with E-state index in [9.17, 15) is 0 Å². The maximum Gasteiger partial charge on any atom is 0.185 e. The number of hydrogen-bond acceptors (Lipinski definition) is 3. The molecule has 0 aromatic rings. The van der Waals surface area contributed by atoms with E-state index in [2.05, 4.69) is 10.6 Å². The Morgan fingerprint density at radius 3 is 2.38 bits per heavy atom. The summed E-state index contributed by atoms with van der Waals surface area (Å²) >= 11 is 0. The van der Waals surface area contributed by atoms with Crippen molar-refractivity contribution in [1.82, 2.24) is 10.6 Å². The minimum Gasteiger partial charge on any atom is -0.370 e. The summed E-state index contributed by atoms with van der Waals surface area (Å²) in [5.41, 5.74) is 10.5. The van der Waals surface area contributed by atoms with Gasteiger partial charge in [-0.2, -0.15) is 0 Å². The summed E-state index contributed by atoms with van der Waals surface area (Å²) in [5, 5.41) is 12.9. The van der Waals surface area contributed by atoms with Gasteiger partial charge in [0.15, 0.2) is 5.96 Å². The van der Waals surface area contributed by atoms with Crippen LogP contribution in [0.2, 0.25) is 0 Å². The lowest BCUT2D eigenvalue weighted by Crippen LogP contribution is -2.32. The van der Waals surface area contributed by atoms with Crippen LogP contribution in [-0.2, 0) is 0 Å². The van der Waals surface area contributed by atoms with E-state index in [1.54, 1.807) is 0 Å². The zero-order valence-electron chi connectivity index (χ0n) is 8.10. The molecular weight excluding hydrogens is 166 g/mol. The average Bonchev–Trinajstić information content (AvgIpc) is 2.09. The summed E-state index contributed by atoms with van der Waals surface area (Å²) in [6.07, 6.45) is 3.21. The minimum atomic E-state index is 0.0446. The highest BCUT2D eigenvalue weighted by Crippen LogP contribution is 1.82. The van der Waals surface area contributed by atoms with Crippen molar-refractivity contribution < 1.29 is 0 Å². The van der Waals surface area contributed by atoms with Crippen molar-refractivity contribution in [2.75, 3.05) is 26.2 Å². The summed E-state index contributed by atoms with van der Waals surface area (Å²) < 4.78 is 0. The van der Waals surface area contributed by atoms with Gasteiger partial charge in [0.2, 0.25) is 0 Å². The molecule has 0 amide bonds. The quantitative estimate of drug-likeness (QED) is 0.195. The Morgan fingerprint density at radius 2 is 1.77 bits per heavy atom. The second-order valence-electron chi connectivity index (χ2n) is 2.94. The zero-order valence-corrected chi connectivity index (χ0v) is 8.10. The predicted molar refractivity (Wildman–Crippen MR) is 55.7 cm³/mol. The summed E-state index contributed by atoms with van der Waals surface area (Å²) in [6, 6.07) is 0. The number of rotatable bonds is 8. The molecule has 0 unspecified atom stereocenters. The van der Waals surface area contributed by atoms with Gasteiger partial charge in [-0.15, -0.1) is 0 Å². The first-order valence-corrected chi connectivity index (χ1v) is 4.76. The molecule has 0 aliphatic carbocycles. The maximum atomic E-state index is 6.90. The molecule has 0 bridgehead atoms. The Labute approximate surface area is 79.8 Å². The van der Waals surface area contributed by atoms with E-state index >= 15 is 0 Å². The van der Waals surface area contributed by atoms with E-state index in [0.717, 1.165) is 45.4 Å². The van der Waals surface area contributed by atoms with E-state index < -0.39 is 0 Å². The number of nitrogens with two attached hydrogens (primary N) is 2. The van der Waals surface area contributed by atoms with E-state index in [-0.39, 0.29) is 5.96 Å². The molecule has 5 heteroatoms. The van der Waals surface area contributed by atoms with Crippen LogP contribution in [0.1, 0.15) is 19.3 Å². The molecule has 0 saturated carbocycles. The molecule has 0 spiro atoms. The van der Waals surface area contributed by atoms with E-state index in [1.165, 1.54) is 0 Å². The SMILES string of the molecule is N=C(N)NCCCNCCCCN. The molecule has 0 heterocycles. The van der Waals surface area contributed by atoms with Crippen LogP contribution in [0, 0.1) is 5.41 Å². The number of unbranched alkanes of at least 4 members (excludes halogenated alkanes) is 1. The van der Waals surface area contributed by atoms with Crippen molar-refractivity contribution in [2.24, 2.45) is 11.5 Å². The molecule has 0 radical (unpaired) electrons. The van der Waals surface area contributed by atoms with Crippen LogP contribution in [0.4, 0.5) is 0 Å². The fourth-order valence-electron chi connectivity index (χ4n) is 0.956. The van der Waals surface area contributed by atoms with Crippen molar-refractivity contribution in [3.63, 3.8) is 0 Å². The van der Waals surface area contributed by atoms with E-state index in [0.29, 0.717) is 0 Å². The van der Waals surface area contributed by atoms with Crippen LogP contribution in [-0.4, -0.2) is 32.1 Å². The van der Waals surface area contributed by atoms with Crippen molar-refractivity contribution in [2.45, 2.75) is 19.3 Å². The molecule has 0 aliphatic heterocycles. The predicted octanol–water partition coefficient (Wildman–Crippen LogP) is -0.812. The second-order valence-corrected chi connectivity index (χ2v) is 2.94. The van der Waals surface area contributed by atoms with Crippen LogP contribution in [0.15, 0.2) is 0 Å². The summed E-state index contributed by atoms with van der Waals surface area (Å²) in [5.74, 6) is 0.0446. The molecule has 13 heavy (non-hydrogen) atoms. The van der Waals surface area contributed by atoms with Crippen LogP contribution in [0.5, 0.6) is 0 Å². The van der Waals surface area contributed by atoms with Crippen LogP contribution in [0.25, 0.3) is 0 Å². The van der Waals surface area contributed by atoms with Gasteiger partial charge in [-0.05, 0) is 38.9 Å². The molecular formula is C8H21N5. The third kappa shape index (κ3) is 11.2. The van der Waals surface area contributed by atoms with E-state index in [4.69, 9.17) is 16.9 Å². The zero-order chi connectivity index (χ0) is 9.94. The second kappa shape index (κ2) is 9.28. The van der Waals surface area contributed by atoms with Crippen molar-refractivity contribution in [1.29, 1.82) is 5.41 Å². The van der Waals surface area contributed by atoms with Gasteiger partial charge < -0.3 is 22.1 Å². The normalized spacial score (nSPS) is 9.92. The Balaban J connectivity index is 2.87. The molecule has 7 N–H and O–H groups in total. The largest absolute Gasteiger partial charge is 0.370 e. The van der Waals surface area contributed by atoms with Gasteiger partial charge in [-0.1, -0.05) is 0 Å². The van der Waals surface area contributed by atoms with Gasteiger partial charge in [0.25, 0.3) is 0 Å². The molecule has 0 aromatic heterocycles. The Bertz CT molecular complexity index is 126. The third-order valence-electron chi connectivity index (χ3n) is 1.65. The van der Waals surface area contributed by atoms with E-state index in [1.807, 2.05) is 0 Å². The Kier molecular flexibility index (Phi) is 8.70. The molecule has 5 nitrogen and oxygen atoms in total.